The van der Waals surface area contributed by atoms with Gasteiger partial charge >= 0.3 is 0 Å². The molecule has 0 aromatic heterocycles. The van der Waals surface area contributed by atoms with Crippen molar-refractivity contribution in [1.82, 2.24) is 10.6 Å². The van der Waals surface area contributed by atoms with Crippen LogP contribution in [0.15, 0.2) is 77.7 Å². The molecule has 3 aromatic rings. The number of methoxy groups -OCH3 is 1. The summed E-state index contributed by atoms with van der Waals surface area (Å²) in [5, 5.41) is 5.52. The Labute approximate surface area is 199 Å². The quantitative estimate of drug-likeness (QED) is 0.432. The standard InChI is InChI=1S/C25H27N3O5S/c1-17(2)27-25(30)21-15-19(13-14-23(21)33-3)34(31,32)28-22-12-8-7-11-20(22)24(29)26-16-18-9-5-4-6-10-18/h4-15,17,28H,16H2,1-3H3,(H,26,29)(H,27,30). The van der Waals surface area contributed by atoms with Gasteiger partial charge in [0, 0.05) is 12.6 Å². The molecule has 0 heterocycles. The number of carbonyl (C=O) groups excluding carboxylic acids is 2. The van der Waals surface area contributed by atoms with Crippen molar-refractivity contribution in [3.8, 4) is 5.75 Å². The first-order chi connectivity index (χ1) is 16.2. The number of nitrogens with one attached hydrogen (secondary N) is 3. The maximum Gasteiger partial charge on any atom is 0.261 e. The molecule has 0 aliphatic rings. The van der Waals surface area contributed by atoms with Crippen LogP contribution in [0, 0.1) is 0 Å². The van der Waals surface area contributed by atoms with Gasteiger partial charge in [-0.15, -0.1) is 0 Å². The minimum absolute atomic E-state index is 0.0907. The summed E-state index contributed by atoms with van der Waals surface area (Å²) in [6.07, 6.45) is 0. The van der Waals surface area contributed by atoms with E-state index in [9.17, 15) is 18.0 Å². The first-order valence-electron chi connectivity index (χ1n) is 10.6. The molecular formula is C25H27N3O5S. The van der Waals surface area contributed by atoms with Gasteiger partial charge in [0.25, 0.3) is 21.8 Å². The topological polar surface area (TPSA) is 114 Å². The lowest BCUT2D eigenvalue weighted by Crippen LogP contribution is -2.30. The third-order valence-corrected chi connectivity index (χ3v) is 6.22. The van der Waals surface area contributed by atoms with Gasteiger partial charge in [-0.3, -0.25) is 14.3 Å². The number of rotatable bonds is 9. The molecule has 0 unspecified atom stereocenters. The highest BCUT2D eigenvalue weighted by molar-refractivity contribution is 7.92. The number of amides is 2. The summed E-state index contributed by atoms with van der Waals surface area (Å²) in [6.45, 7) is 3.89. The predicted molar refractivity (Wildman–Crippen MR) is 130 cm³/mol. The highest BCUT2D eigenvalue weighted by atomic mass is 32.2. The summed E-state index contributed by atoms with van der Waals surface area (Å²) < 4.78 is 34.0. The summed E-state index contributed by atoms with van der Waals surface area (Å²) >= 11 is 0. The van der Waals surface area contributed by atoms with Gasteiger partial charge in [0.15, 0.2) is 0 Å². The smallest absolute Gasteiger partial charge is 0.261 e. The predicted octanol–water partition coefficient (Wildman–Crippen LogP) is 3.56. The summed E-state index contributed by atoms with van der Waals surface area (Å²) in [6, 6.07) is 19.6. The van der Waals surface area contributed by atoms with Crippen molar-refractivity contribution in [2.24, 2.45) is 0 Å². The first-order valence-corrected chi connectivity index (χ1v) is 12.1. The Balaban J connectivity index is 1.85. The monoisotopic (exact) mass is 481 g/mol. The van der Waals surface area contributed by atoms with Crippen LogP contribution in [0.5, 0.6) is 5.75 Å². The number of para-hydroxylation sites is 1. The fraction of sp³-hybridized carbons (Fsp3) is 0.200. The van der Waals surface area contributed by atoms with Gasteiger partial charge in [-0.2, -0.15) is 0 Å². The zero-order valence-corrected chi connectivity index (χ0v) is 20.0. The van der Waals surface area contributed by atoms with Crippen LogP contribution >= 0.6 is 0 Å². The van der Waals surface area contributed by atoms with Crippen LogP contribution in [0.3, 0.4) is 0 Å². The fourth-order valence-corrected chi connectivity index (χ4v) is 4.32. The maximum absolute atomic E-state index is 13.1. The lowest BCUT2D eigenvalue weighted by atomic mass is 10.1. The highest BCUT2D eigenvalue weighted by Gasteiger charge is 2.22. The lowest BCUT2D eigenvalue weighted by molar-refractivity contribution is 0.0935. The Morgan fingerprint density at radius 1 is 0.882 bits per heavy atom. The van der Waals surface area contributed by atoms with Crippen LogP contribution in [0.25, 0.3) is 0 Å². The molecule has 0 fully saturated rings. The molecule has 34 heavy (non-hydrogen) atoms. The van der Waals surface area contributed by atoms with E-state index >= 15 is 0 Å². The third kappa shape index (κ3) is 6.14. The van der Waals surface area contributed by atoms with Crippen molar-refractivity contribution in [2.45, 2.75) is 31.3 Å². The van der Waals surface area contributed by atoms with Gasteiger partial charge in [-0.25, -0.2) is 8.42 Å². The van der Waals surface area contributed by atoms with Crippen LogP contribution in [-0.2, 0) is 16.6 Å². The van der Waals surface area contributed by atoms with Gasteiger partial charge in [0.05, 0.1) is 28.8 Å². The number of carbonyl (C=O) groups is 2. The van der Waals surface area contributed by atoms with E-state index in [0.717, 1.165) is 5.56 Å². The number of ether oxygens (including phenoxy) is 1. The highest BCUT2D eigenvalue weighted by Crippen LogP contribution is 2.25. The van der Waals surface area contributed by atoms with Crippen LogP contribution in [0.1, 0.15) is 40.1 Å². The van der Waals surface area contributed by atoms with Crippen molar-refractivity contribution in [1.29, 1.82) is 0 Å². The number of sulfonamides is 1. The van der Waals surface area contributed by atoms with Crippen molar-refractivity contribution in [3.05, 3.63) is 89.5 Å². The molecule has 2 amide bonds. The minimum atomic E-state index is -4.11. The lowest BCUT2D eigenvalue weighted by Gasteiger charge is -2.15. The Morgan fingerprint density at radius 2 is 1.56 bits per heavy atom. The molecule has 0 saturated heterocycles. The van der Waals surface area contributed by atoms with E-state index in [4.69, 9.17) is 4.74 Å². The molecule has 0 spiro atoms. The van der Waals surface area contributed by atoms with Gasteiger partial charge in [-0.1, -0.05) is 42.5 Å². The van der Waals surface area contributed by atoms with E-state index in [2.05, 4.69) is 15.4 Å². The SMILES string of the molecule is COc1ccc(S(=O)(=O)Nc2ccccc2C(=O)NCc2ccccc2)cc1C(=O)NC(C)C. The van der Waals surface area contributed by atoms with Crippen LogP contribution in [0.4, 0.5) is 5.69 Å². The molecule has 0 atom stereocenters. The second-order valence-corrected chi connectivity index (χ2v) is 9.49. The van der Waals surface area contributed by atoms with Gasteiger partial charge in [0.1, 0.15) is 5.75 Å². The van der Waals surface area contributed by atoms with Crippen LogP contribution in [-0.4, -0.2) is 33.4 Å². The summed E-state index contributed by atoms with van der Waals surface area (Å²) in [5.41, 5.74) is 1.30. The molecule has 3 N–H and O–H groups in total. The Hall–Kier alpha value is -3.85. The zero-order valence-electron chi connectivity index (χ0n) is 19.2. The van der Waals surface area contributed by atoms with Crippen molar-refractivity contribution >= 4 is 27.5 Å². The fourth-order valence-electron chi connectivity index (χ4n) is 3.22. The average molecular weight is 482 g/mol. The number of hydrogen-bond donors (Lipinski definition) is 3. The number of anilines is 1. The van der Waals surface area contributed by atoms with Gasteiger partial charge in [-0.05, 0) is 49.7 Å². The Bertz CT molecular complexity index is 1270. The first kappa shape index (κ1) is 24.8. The van der Waals surface area contributed by atoms with E-state index in [0.29, 0.717) is 6.54 Å². The molecular weight excluding hydrogens is 454 g/mol. The molecule has 3 rings (SSSR count). The molecule has 9 heteroatoms. The zero-order chi connectivity index (χ0) is 24.7. The molecule has 3 aromatic carbocycles. The molecule has 0 aliphatic carbocycles. The second kappa shape index (κ2) is 10.8. The van der Waals surface area contributed by atoms with E-state index < -0.39 is 21.8 Å². The Morgan fingerprint density at radius 3 is 2.24 bits per heavy atom. The van der Waals surface area contributed by atoms with E-state index in [1.54, 1.807) is 26.0 Å². The van der Waals surface area contributed by atoms with E-state index in [1.165, 1.54) is 37.4 Å². The third-order valence-electron chi connectivity index (χ3n) is 4.86. The molecule has 0 saturated carbocycles. The van der Waals surface area contributed by atoms with Gasteiger partial charge in [0.2, 0.25) is 0 Å². The maximum atomic E-state index is 13.1. The molecule has 0 bridgehead atoms. The second-order valence-electron chi connectivity index (χ2n) is 7.81. The molecule has 178 valence electrons. The number of hydrogen-bond acceptors (Lipinski definition) is 5. The average Bonchev–Trinajstić information content (AvgIpc) is 2.82. The summed E-state index contributed by atoms with van der Waals surface area (Å²) in [4.78, 5) is 25.2. The Kier molecular flexibility index (Phi) is 7.91. The van der Waals surface area contributed by atoms with Crippen molar-refractivity contribution in [3.63, 3.8) is 0 Å². The minimum Gasteiger partial charge on any atom is -0.496 e. The van der Waals surface area contributed by atoms with Crippen LogP contribution < -0.4 is 20.1 Å². The van der Waals surface area contributed by atoms with E-state index in [-0.39, 0.29) is 33.5 Å². The van der Waals surface area contributed by atoms with Crippen molar-refractivity contribution in [2.75, 3.05) is 11.8 Å². The normalized spacial score (nSPS) is 11.1. The summed E-state index contributed by atoms with van der Waals surface area (Å²) in [7, 11) is -2.71. The molecule has 0 aliphatic heterocycles. The van der Waals surface area contributed by atoms with Gasteiger partial charge < -0.3 is 15.4 Å². The largest absolute Gasteiger partial charge is 0.496 e. The number of benzene rings is 3. The molecule has 8 nitrogen and oxygen atoms in total. The van der Waals surface area contributed by atoms with Crippen LogP contribution in [0.2, 0.25) is 0 Å². The molecule has 0 radical (unpaired) electrons. The van der Waals surface area contributed by atoms with Crippen molar-refractivity contribution < 1.29 is 22.7 Å². The summed E-state index contributed by atoms with van der Waals surface area (Å²) in [5.74, 6) is -0.628. The van der Waals surface area contributed by atoms with E-state index in [1.807, 2.05) is 30.3 Å².